The predicted octanol–water partition coefficient (Wildman–Crippen LogP) is 1.37. The van der Waals surface area contributed by atoms with Gasteiger partial charge in [0.2, 0.25) is 0 Å². The van der Waals surface area contributed by atoms with Gasteiger partial charge in [-0.1, -0.05) is 6.92 Å². The van der Waals surface area contributed by atoms with Crippen molar-refractivity contribution in [2.24, 2.45) is 5.92 Å². The number of aromatic nitrogens is 1. The van der Waals surface area contributed by atoms with Crippen molar-refractivity contribution in [3.63, 3.8) is 0 Å². The van der Waals surface area contributed by atoms with Crippen LogP contribution in [0.15, 0.2) is 18.5 Å². The number of nitrogens with zero attached hydrogens (tertiary/aromatic N) is 1. The van der Waals surface area contributed by atoms with Gasteiger partial charge in [-0.2, -0.15) is 0 Å². The number of nitrogens with one attached hydrogen (secondary N) is 1. The van der Waals surface area contributed by atoms with E-state index in [1.54, 1.807) is 0 Å². The summed E-state index contributed by atoms with van der Waals surface area (Å²) in [7, 11) is 0. The first-order valence-corrected chi connectivity index (χ1v) is 5.77. The van der Waals surface area contributed by atoms with Gasteiger partial charge in [-0.15, -0.1) is 0 Å². The molecule has 1 saturated carbocycles. The average Bonchev–Trinajstić information content (AvgIpc) is 2.97. The van der Waals surface area contributed by atoms with Crippen molar-refractivity contribution in [2.75, 3.05) is 6.61 Å². The highest BCUT2D eigenvalue weighted by molar-refractivity contribution is 5.10. The topological polar surface area (TPSA) is 37.2 Å². The van der Waals surface area contributed by atoms with E-state index >= 15 is 0 Å². The Hall–Kier alpha value is -0.800. The summed E-state index contributed by atoms with van der Waals surface area (Å²) in [6.07, 6.45) is 6.93. The minimum atomic E-state index is 0.258. The summed E-state index contributed by atoms with van der Waals surface area (Å²) in [6, 6.07) is 2.92. The van der Waals surface area contributed by atoms with Crippen LogP contribution in [-0.2, 0) is 13.1 Å². The van der Waals surface area contributed by atoms with E-state index in [1.165, 1.54) is 18.4 Å². The van der Waals surface area contributed by atoms with Crippen molar-refractivity contribution in [3.05, 3.63) is 24.0 Å². The molecule has 0 aromatic carbocycles. The van der Waals surface area contributed by atoms with E-state index in [1.807, 2.05) is 0 Å². The third kappa shape index (κ3) is 3.36. The molecule has 1 heterocycles. The normalized spacial score (nSPS) is 18.0. The van der Waals surface area contributed by atoms with Crippen LogP contribution in [0.25, 0.3) is 0 Å². The van der Waals surface area contributed by atoms with Gasteiger partial charge in [-0.05, 0) is 30.4 Å². The predicted molar refractivity (Wildman–Crippen MR) is 60.5 cm³/mol. The van der Waals surface area contributed by atoms with E-state index in [2.05, 4.69) is 35.3 Å². The number of hydrogen-bond acceptors (Lipinski definition) is 2. The maximum absolute atomic E-state index is 8.96. The summed E-state index contributed by atoms with van der Waals surface area (Å²) in [5.74, 6) is 0.335. The standard InChI is InChI=1S/C12H20N2O/c1-10(9-15)7-14-5-4-11(8-14)6-13-12-2-3-12/h4-5,8,10,12-13,15H,2-3,6-7,9H2,1H3. The molecule has 1 fully saturated rings. The Labute approximate surface area is 91.1 Å². The molecule has 15 heavy (non-hydrogen) atoms. The molecule has 3 heteroatoms. The van der Waals surface area contributed by atoms with Gasteiger partial charge in [0.05, 0.1) is 0 Å². The molecule has 3 nitrogen and oxygen atoms in total. The Morgan fingerprint density at radius 1 is 1.60 bits per heavy atom. The number of hydrogen-bond donors (Lipinski definition) is 2. The van der Waals surface area contributed by atoms with Crippen LogP contribution in [0.1, 0.15) is 25.3 Å². The highest BCUT2D eigenvalue weighted by Crippen LogP contribution is 2.19. The lowest BCUT2D eigenvalue weighted by Crippen LogP contribution is -2.15. The van der Waals surface area contributed by atoms with Crippen molar-refractivity contribution in [1.82, 2.24) is 9.88 Å². The molecule has 0 saturated heterocycles. The first kappa shape index (κ1) is 10.7. The van der Waals surface area contributed by atoms with Crippen LogP contribution in [0, 0.1) is 5.92 Å². The molecule has 1 aliphatic rings. The maximum atomic E-state index is 8.96. The summed E-state index contributed by atoms with van der Waals surface area (Å²) in [5.41, 5.74) is 1.34. The third-order valence-corrected chi connectivity index (χ3v) is 2.82. The average molecular weight is 208 g/mol. The molecule has 84 valence electrons. The molecule has 2 rings (SSSR count). The summed E-state index contributed by atoms with van der Waals surface area (Å²) >= 11 is 0. The van der Waals surface area contributed by atoms with Gasteiger partial charge in [-0.25, -0.2) is 0 Å². The van der Waals surface area contributed by atoms with Crippen LogP contribution in [0.4, 0.5) is 0 Å². The Morgan fingerprint density at radius 3 is 3.07 bits per heavy atom. The van der Waals surface area contributed by atoms with Crippen molar-refractivity contribution in [3.8, 4) is 0 Å². The molecule has 1 aromatic heterocycles. The monoisotopic (exact) mass is 208 g/mol. The second-order valence-electron chi connectivity index (χ2n) is 4.66. The largest absolute Gasteiger partial charge is 0.396 e. The summed E-state index contributed by atoms with van der Waals surface area (Å²) in [6.45, 7) is 4.20. The lowest BCUT2D eigenvalue weighted by molar-refractivity contribution is 0.223. The maximum Gasteiger partial charge on any atom is 0.0473 e. The molecule has 1 aromatic rings. The highest BCUT2D eigenvalue weighted by atomic mass is 16.3. The van der Waals surface area contributed by atoms with Crippen LogP contribution in [0.2, 0.25) is 0 Å². The molecular formula is C12H20N2O. The minimum Gasteiger partial charge on any atom is -0.396 e. The fourth-order valence-electron chi connectivity index (χ4n) is 1.68. The molecule has 0 aliphatic heterocycles. The molecular weight excluding hydrogens is 188 g/mol. The Morgan fingerprint density at radius 2 is 2.40 bits per heavy atom. The molecule has 0 bridgehead atoms. The highest BCUT2D eigenvalue weighted by Gasteiger charge is 2.19. The van der Waals surface area contributed by atoms with Crippen molar-refractivity contribution in [2.45, 2.75) is 38.9 Å². The van der Waals surface area contributed by atoms with Gasteiger partial charge in [0.1, 0.15) is 0 Å². The minimum absolute atomic E-state index is 0.258. The van der Waals surface area contributed by atoms with Gasteiger partial charge < -0.3 is 15.0 Å². The number of aliphatic hydroxyl groups excluding tert-OH is 1. The summed E-state index contributed by atoms with van der Waals surface area (Å²) in [5, 5.41) is 12.5. The molecule has 0 radical (unpaired) electrons. The van der Waals surface area contributed by atoms with E-state index in [-0.39, 0.29) is 6.61 Å². The number of aliphatic hydroxyl groups is 1. The van der Waals surface area contributed by atoms with Crippen LogP contribution in [0.5, 0.6) is 0 Å². The molecule has 2 N–H and O–H groups in total. The molecule has 1 atom stereocenters. The van der Waals surface area contributed by atoms with E-state index in [0.29, 0.717) is 5.92 Å². The van der Waals surface area contributed by atoms with Crippen molar-refractivity contribution >= 4 is 0 Å². The summed E-state index contributed by atoms with van der Waals surface area (Å²) in [4.78, 5) is 0. The smallest absolute Gasteiger partial charge is 0.0473 e. The third-order valence-electron chi connectivity index (χ3n) is 2.82. The lowest BCUT2D eigenvalue weighted by Gasteiger charge is -2.08. The zero-order chi connectivity index (χ0) is 10.7. The quantitative estimate of drug-likeness (QED) is 0.741. The van der Waals surface area contributed by atoms with E-state index in [9.17, 15) is 0 Å². The second-order valence-corrected chi connectivity index (χ2v) is 4.66. The van der Waals surface area contributed by atoms with E-state index in [4.69, 9.17) is 5.11 Å². The SMILES string of the molecule is CC(CO)Cn1ccc(CNC2CC2)c1. The van der Waals surface area contributed by atoms with E-state index in [0.717, 1.165) is 19.1 Å². The van der Waals surface area contributed by atoms with Gasteiger partial charge >= 0.3 is 0 Å². The van der Waals surface area contributed by atoms with Crippen LogP contribution in [0.3, 0.4) is 0 Å². The van der Waals surface area contributed by atoms with E-state index < -0.39 is 0 Å². The second kappa shape index (κ2) is 4.81. The van der Waals surface area contributed by atoms with Crippen LogP contribution in [-0.4, -0.2) is 22.3 Å². The lowest BCUT2D eigenvalue weighted by atomic mass is 10.2. The summed E-state index contributed by atoms with van der Waals surface area (Å²) < 4.78 is 2.16. The molecule has 0 spiro atoms. The fourth-order valence-corrected chi connectivity index (χ4v) is 1.68. The zero-order valence-corrected chi connectivity index (χ0v) is 9.32. The Kier molecular flexibility index (Phi) is 3.44. The fraction of sp³-hybridized carbons (Fsp3) is 0.667. The Balaban J connectivity index is 1.79. The van der Waals surface area contributed by atoms with Gasteiger partial charge in [0.25, 0.3) is 0 Å². The van der Waals surface area contributed by atoms with Crippen molar-refractivity contribution in [1.29, 1.82) is 0 Å². The van der Waals surface area contributed by atoms with Gasteiger partial charge in [0, 0.05) is 38.1 Å². The van der Waals surface area contributed by atoms with Crippen LogP contribution < -0.4 is 5.32 Å². The first-order chi connectivity index (χ1) is 7.28. The number of rotatable bonds is 6. The Bertz CT molecular complexity index is 304. The van der Waals surface area contributed by atoms with Gasteiger partial charge in [-0.3, -0.25) is 0 Å². The molecule has 1 aliphatic carbocycles. The van der Waals surface area contributed by atoms with Gasteiger partial charge in [0.15, 0.2) is 0 Å². The van der Waals surface area contributed by atoms with Crippen LogP contribution >= 0.6 is 0 Å². The molecule has 0 amide bonds. The zero-order valence-electron chi connectivity index (χ0n) is 9.32. The first-order valence-electron chi connectivity index (χ1n) is 5.77. The van der Waals surface area contributed by atoms with Crippen molar-refractivity contribution < 1.29 is 5.11 Å². The molecule has 1 unspecified atom stereocenters.